The number of halogens is 3. The van der Waals surface area contributed by atoms with Gasteiger partial charge < -0.3 is 14.8 Å². The summed E-state index contributed by atoms with van der Waals surface area (Å²) in [7, 11) is 0. The summed E-state index contributed by atoms with van der Waals surface area (Å²) < 4.78 is 37.5. The Morgan fingerprint density at radius 3 is 2.90 bits per heavy atom. The maximum Gasteiger partial charge on any atom is 0.387 e. The summed E-state index contributed by atoms with van der Waals surface area (Å²) in [5, 5.41) is 6.68. The molecule has 2 aromatic carbocycles. The van der Waals surface area contributed by atoms with Gasteiger partial charge in [0.05, 0.1) is 6.54 Å². The molecule has 0 aliphatic rings. The Morgan fingerprint density at radius 2 is 2.13 bits per heavy atom. The number of benzene rings is 2. The maximum absolute atomic E-state index is 12.5. The number of alkyl halides is 2. The van der Waals surface area contributed by atoms with Crippen molar-refractivity contribution in [2.45, 2.75) is 13.2 Å². The van der Waals surface area contributed by atoms with Gasteiger partial charge in [-0.1, -0.05) is 22.0 Å². The molecular weight excluding hydrogens is 462 g/mol. The van der Waals surface area contributed by atoms with Gasteiger partial charge in [0.1, 0.15) is 30.8 Å². The highest BCUT2D eigenvalue weighted by molar-refractivity contribution is 9.10. The minimum Gasteiger partial charge on any atom is -0.492 e. The van der Waals surface area contributed by atoms with E-state index in [9.17, 15) is 13.6 Å². The Morgan fingerprint density at radius 1 is 1.27 bits per heavy atom. The third-order valence-corrected chi connectivity index (χ3v) is 4.25. The molecule has 156 valence electrons. The minimum absolute atomic E-state index is 0.0278. The van der Waals surface area contributed by atoms with Gasteiger partial charge in [0.2, 0.25) is 5.91 Å². The van der Waals surface area contributed by atoms with Crippen LogP contribution in [0.15, 0.2) is 65.7 Å². The van der Waals surface area contributed by atoms with Gasteiger partial charge in [-0.25, -0.2) is 9.67 Å². The van der Waals surface area contributed by atoms with Gasteiger partial charge in [-0.15, -0.1) is 0 Å². The summed E-state index contributed by atoms with van der Waals surface area (Å²) in [6.07, 6.45) is 5.67. The van der Waals surface area contributed by atoms with Gasteiger partial charge in [-0.05, 0) is 36.4 Å². The molecule has 0 bridgehead atoms. The fraction of sp³-hybridized carbons (Fsp3) is 0.150. The number of anilines is 1. The predicted molar refractivity (Wildman–Crippen MR) is 110 cm³/mol. The highest BCUT2D eigenvalue weighted by Crippen LogP contribution is 2.26. The number of nitrogens with one attached hydrogen (secondary N) is 1. The van der Waals surface area contributed by atoms with E-state index in [0.717, 1.165) is 0 Å². The van der Waals surface area contributed by atoms with Gasteiger partial charge in [-0.3, -0.25) is 4.79 Å². The molecule has 0 spiro atoms. The van der Waals surface area contributed by atoms with Crippen LogP contribution in [0.2, 0.25) is 0 Å². The molecule has 0 fully saturated rings. The summed E-state index contributed by atoms with van der Waals surface area (Å²) in [6, 6.07) is 11.4. The maximum atomic E-state index is 12.5. The number of hydrogen-bond acceptors (Lipinski definition) is 5. The lowest BCUT2D eigenvalue weighted by Crippen LogP contribution is -2.10. The number of ether oxygens (including phenoxy) is 2. The van der Waals surface area contributed by atoms with Crippen LogP contribution in [0, 0.1) is 0 Å². The molecule has 0 unspecified atom stereocenters. The molecule has 1 aromatic heterocycles. The zero-order valence-electron chi connectivity index (χ0n) is 15.5. The van der Waals surface area contributed by atoms with Crippen LogP contribution in [0.5, 0.6) is 11.5 Å². The second-order valence-electron chi connectivity index (χ2n) is 5.92. The van der Waals surface area contributed by atoms with E-state index in [4.69, 9.17) is 4.74 Å². The van der Waals surface area contributed by atoms with Crippen molar-refractivity contribution in [3.8, 4) is 11.5 Å². The number of hydrogen-bond donors (Lipinski definition) is 1. The Kier molecular flexibility index (Phi) is 7.50. The molecule has 0 saturated carbocycles. The molecule has 1 heterocycles. The van der Waals surface area contributed by atoms with Crippen LogP contribution in [-0.2, 0) is 11.3 Å². The highest BCUT2D eigenvalue weighted by atomic mass is 79.9. The van der Waals surface area contributed by atoms with Gasteiger partial charge in [-0.2, -0.15) is 13.9 Å². The molecule has 0 radical (unpaired) electrons. The summed E-state index contributed by atoms with van der Waals surface area (Å²) >= 11 is 3.26. The molecule has 1 N–H and O–H groups in total. The first kappa shape index (κ1) is 21.4. The summed E-state index contributed by atoms with van der Waals surface area (Å²) in [5.74, 6) is 0.120. The Labute approximate surface area is 179 Å². The molecule has 3 aromatic rings. The molecule has 0 aliphatic heterocycles. The van der Waals surface area contributed by atoms with Crippen LogP contribution < -0.4 is 14.8 Å². The van der Waals surface area contributed by atoms with Crippen LogP contribution >= 0.6 is 15.9 Å². The number of amides is 1. The van der Waals surface area contributed by atoms with Crippen molar-refractivity contribution in [3.63, 3.8) is 0 Å². The Bertz CT molecular complexity index is 1010. The first-order valence-corrected chi connectivity index (χ1v) is 9.57. The van der Waals surface area contributed by atoms with Gasteiger partial charge in [0.25, 0.3) is 0 Å². The topological polar surface area (TPSA) is 78.3 Å². The summed E-state index contributed by atoms with van der Waals surface area (Å²) in [6.45, 7) is -2.04. The van der Waals surface area contributed by atoms with Crippen molar-refractivity contribution in [2.24, 2.45) is 0 Å². The summed E-state index contributed by atoms with van der Waals surface area (Å²) in [4.78, 5) is 16.1. The average Bonchev–Trinajstić information content (AvgIpc) is 3.22. The molecule has 30 heavy (non-hydrogen) atoms. The zero-order chi connectivity index (χ0) is 21.3. The molecule has 3 rings (SSSR count). The van der Waals surface area contributed by atoms with Gasteiger partial charge >= 0.3 is 6.61 Å². The molecule has 1 amide bonds. The van der Waals surface area contributed by atoms with Crippen molar-refractivity contribution in [2.75, 3.05) is 11.9 Å². The molecule has 0 saturated heterocycles. The predicted octanol–water partition coefficient (Wildman–Crippen LogP) is 4.37. The standard InChI is InChI=1S/C20H17BrF2N4O3/c21-15-5-6-18(30-20(22)23)14(10-15)4-7-19(28)26-16-2-1-3-17(11-16)29-9-8-27-13-24-12-25-27/h1-7,10-13,20H,8-9H2,(H,26,28)/b7-4+. The van der Waals surface area contributed by atoms with E-state index in [1.165, 1.54) is 24.5 Å². The lowest BCUT2D eigenvalue weighted by molar-refractivity contribution is -0.111. The molecular formula is C20H17BrF2N4O3. The van der Waals surface area contributed by atoms with Crippen molar-refractivity contribution >= 4 is 33.6 Å². The smallest absolute Gasteiger partial charge is 0.387 e. The molecule has 7 nitrogen and oxygen atoms in total. The largest absolute Gasteiger partial charge is 0.492 e. The zero-order valence-corrected chi connectivity index (χ0v) is 17.1. The lowest BCUT2D eigenvalue weighted by Gasteiger charge is -2.09. The first-order valence-electron chi connectivity index (χ1n) is 8.78. The van der Waals surface area contributed by atoms with Crippen LogP contribution in [0.3, 0.4) is 0 Å². The van der Waals surface area contributed by atoms with Gasteiger partial charge in [0, 0.05) is 27.9 Å². The molecule has 0 aliphatic carbocycles. The highest BCUT2D eigenvalue weighted by Gasteiger charge is 2.09. The minimum atomic E-state index is -2.96. The van der Waals surface area contributed by atoms with Crippen molar-refractivity contribution < 1.29 is 23.0 Å². The van der Waals surface area contributed by atoms with E-state index >= 15 is 0 Å². The monoisotopic (exact) mass is 478 g/mol. The third kappa shape index (κ3) is 6.66. The second kappa shape index (κ2) is 10.5. The van der Waals surface area contributed by atoms with Crippen LogP contribution in [0.1, 0.15) is 5.56 Å². The van der Waals surface area contributed by atoms with E-state index in [0.29, 0.717) is 34.6 Å². The van der Waals surface area contributed by atoms with E-state index in [1.54, 1.807) is 47.4 Å². The van der Waals surface area contributed by atoms with E-state index in [1.807, 2.05) is 0 Å². The Hall–Kier alpha value is -3.27. The first-order chi connectivity index (χ1) is 14.5. The van der Waals surface area contributed by atoms with Crippen LogP contribution in [-0.4, -0.2) is 33.9 Å². The van der Waals surface area contributed by atoms with Crippen LogP contribution in [0.4, 0.5) is 14.5 Å². The quantitative estimate of drug-likeness (QED) is 0.462. The van der Waals surface area contributed by atoms with Gasteiger partial charge in [0.15, 0.2) is 0 Å². The van der Waals surface area contributed by atoms with E-state index in [-0.39, 0.29) is 5.75 Å². The normalized spacial score (nSPS) is 11.1. The molecule has 10 heteroatoms. The van der Waals surface area contributed by atoms with Crippen molar-refractivity contribution in [1.29, 1.82) is 0 Å². The van der Waals surface area contributed by atoms with Crippen molar-refractivity contribution in [1.82, 2.24) is 14.8 Å². The number of aromatic nitrogens is 3. The third-order valence-electron chi connectivity index (χ3n) is 3.76. The SMILES string of the molecule is O=C(/C=C/c1cc(Br)ccc1OC(F)F)Nc1cccc(OCCn2cncn2)c1. The fourth-order valence-electron chi connectivity index (χ4n) is 2.47. The fourth-order valence-corrected chi connectivity index (χ4v) is 2.85. The van der Waals surface area contributed by atoms with Crippen molar-refractivity contribution in [3.05, 3.63) is 71.2 Å². The van der Waals surface area contributed by atoms with E-state index < -0.39 is 12.5 Å². The number of carbonyl (C=O) groups excluding carboxylic acids is 1. The summed E-state index contributed by atoms with van der Waals surface area (Å²) in [5.41, 5.74) is 0.867. The second-order valence-corrected chi connectivity index (χ2v) is 6.83. The van der Waals surface area contributed by atoms with Crippen LogP contribution in [0.25, 0.3) is 6.08 Å². The Balaban J connectivity index is 1.59. The molecule has 0 atom stereocenters. The number of nitrogens with zero attached hydrogens (tertiary/aromatic N) is 3. The average molecular weight is 479 g/mol. The van der Waals surface area contributed by atoms with E-state index in [2.05, 4.69) is 36.1 Å². The number of carbonyl (C=O) groups is 1. The number of rotatable bonds is 9. The lowest BCUT2D eigenvalue weighted by atomic mass is 10.2.